The van der Waals surface area contributed by atoms with Crippen molar-refractivity contribution in [3.63, 3.8) is 0 Å². The predicted molar refractivity (Wildman–Crippen MR) is 139 cm³/mol. The van der Waals surface area contributed by atoms with Gasteiger partial charge >= 0.3 is 0 Å². The highest BCUT2D eigenvalue weighted by Crippen LogP contribution is 2.40. The molecule has 4 heteroatoms. The first-order valence-electron chi connectivity index (χ1n) is 11.7. The molecule has 1 amide bonds. The lowest BCUT2D eigenvalue weighted by molar-refractivity contribution is -0.127. The number of aromatic nitrogens is 1. The van der Waals surface area contributed by atoms with Crippen LogP contribution < -0.4 is 0 Å². The fourth-order valence-corrected chi connectivity index (χ4v) is 3.89. The SMILES string of the molecule is CC(C)(C)c1cc(/C=C/C(=O)N(Cc2ccccc2)Cc2ccncc2)cc(C(C)(C)C)c1O. The van der Waals surface area contributed by atoms with Crippen LogP contribution in [0.25, 0.3) is 6.08 Å². The summed E-state index contributed by atoms with van der Waals surface area (Å²) >= 11 is 0. The summed E-state index contributed by atoms with van der Waals surface area (Å²) < 4.78 is 0. The highest BCUT2D eigenvalue weighted by molar-refractivity contribution is 5.92. The first-order valence-corrected chi connectivity index (χ1v) is 11.7. The van der Waals surface area contributed by atoms with Gasteiger partial charge in [-0.25, -0.2) is 0 Å². The number of nitrogens with zero attached hydrogens (tertiary/aromatic N) is 2. The van der Waals surface area contributed by atoms with Gasteiger partial charge in [0.25, 0.3) is 0 Å². The fraction of sp³-hybridized carbons (Fsp3) is 0.333. The summed E-state index contributed by atoms with van der Waals surface area (Å²) in [7, 11) is 0. The van der Waals surface area contributed by atoms with Gasteiger partial charge in [0, 0.05) is 42.7 Å². The molecule has 0 unspecified atom stereocenters. The van der Waals surface area contributed by atoms with Gasteiger partial charge in [-0.1, -0.05) is 71.9 Å². The average Bonchev–Trinajstić information content (AvgIpc) is 2.77. The number of pyridine rings is 1. The van der Waals surface area contributed by atoms with E-state index in [2.05, 4.69) is 46.5 Å². The standard InChI is InChI=1S/C30H36N2O2/c1-29(2,3)25-18-24(19-26(28(25)34)30(4,5)6)12-13-27(33)32(20-22-10-8-7-9-11-22)21-23-14-16-31-17-15-23/h7-19,34H,20-21H2,1-6H3/b13-12+. The van der Waals surface area contributed by atoms with Crippen LogP contribution in [0.4, 0.5) is 0 Å². The van der Waals surface area contributed by atoms with Crippen LogP contribution in [-0.2, 0) is 28.7 Å². The van der Waals surface area contributed by atoms with E-state index in [0.717, 1.165) is 27.8 Å². The van der Waals surface area contributed by atoms with E-state index in [1.807, 2.05) is 65.6 Å². The maximum Gasteiger partial charge on any atom is 0.247 e. The molecule has 0 spiro atoms. The molecule has 1 heterocycles. The Hall–Kier alpha value is -3.40. The van der Waals surface area contributed by atoms with Crippen LogP contribution in [0, 0.1) is 0 Å². The Morgan fingerprint density at radius 2 is 1.35 bits per heavy atom. The third-order valence-electron chi connectivity index (χ3n) is 5.82. The minimum atomic E-state index is -0.224. The van der Waals surface area contributed by atoms with Gasteiger partial charge in [-0.05, 0) is 57.9 Å². The number of hydrogen-bond acceptors (Lipinski definition) is 3. The summed E-state index contributed by atoms with van der Waals surface area (Å²) in [5.41, 5.74) is 4.33. The number of aromatic hydroxyl groups is 1. The lowest BCUT2D eigenvalue weighted by atomic mass is 9.78. The molecule has 0 aliphatic rings. The van der Waals surface area contributed by atoms with Crippen LogP contribution in [-0.4, -0.2) is 20.9 Å². The zero-order valence-corrected chi connectivity index (χ0v) is 21.2. The van der Waals surface area contributed by atoms with Crippen molar-refractivity contribution in [3.8, 4) is 5.75 Å². The molecule has 0 aliphatic heterocycles. The number of phenols is 1. The number of amides is 1. The van der Waals surface area contributed by atoms with Crippen LogP contribution in [0.1, 0.15) is 69.4 Å². The quantitative estimate of drug-likeness (QED) is 0.424. The van der Waals surface area contributed by atoms with Crippen molar-refractivity contribution in [2.75, 3.05) is 0 Å². The smallest absolute Gasteiger partial charge is 0.247 e. The normalized spacial score (nSPS) is 12.2. The average molecular weight is 457 g/mol. The van der Waals surface area contributed by atoms with Gasteiger partial charge in [-0.2, -0.15) is 0 Å². The molecule has 0 atom stereocenters. The molecular weight excluding hydrogens is 420 g/mol. The van der Waals surface area contributed by atoms with E-state index >= 15 is 0 Å². The molecule has 0 fully saturated rings. The molecule has 0 saturated carbocycles. The number of carbonyl (C=O) groups is 1. The minimum absolute atomic E-state index is 0.0663. The van der Waals surface area contributed by atoms with Gasteiger partial charge in [0.05, 0.1) is 0 Å². The first kappa shape index (κ1) is 25.2. The fourth-order valence-electron chi connectivity index (χ4n) is 3.89. The monoisotopic (exact) mass is 456 g/mol. The van der Waals surface area contributed by atoms with E-state index in [0.29, 0.717) is 18.8 Å². The molecular formula is C30H36N2O2. The lowest BCUT2D eigenvalue weighted by Gasteiger charge is -2.28. The Balaban J connectivity index is 1.94. The van der Waals surface area contributed by atoms with E-state index in [1.165, 1.54) is 0 Å². The van der Waals surface area contributed by atoms with E-state index in [4.69, 9.17) is 0 Å². The molecule has 34 heavy (non-hydrogen) atoms. The number of carbonyl (C=O) groups excluding carboxylic acids is 1. The summed E-state index contributed by atoms with van der Waals surface area (Å²) in [4.78, 5) is 19.2. The molecule has 4 nitrogen and oxygen atoms in total. The molecule has 3 aromatic rings. The Bertz CT molecular complexity index is 1060. The summed E-state index contributed by atoms with van der Waals surface area (Å²) in [6, 6.07) is 17.8. The van der Waals surface area contributed by atoms with Crippen molar-refractivity contribution >= 4 is 12.0 Å². The molecule has 0 bridgehead atoms. The maximum atomic E-state index is 13.3. The van der Waals surface area contributed by atoms with Gasteiger partial charge < -0.3 is 10.0 Å². The van der Waals surface area contributed by atoms with Gasteiger partial charge in [-0.3, -0.25) is 9.78 Å². The third kappa shape index (κ3) is 6.57. The molecule has 0 radical (unpaired) electrons. The molecule has 1 N–H and O–H groups in total. The molecule has 0 aliphatic carbocycles. The van der Waals surface area contributed by atoms with Crippen molar-refractivity contribution < 1.29 is 9.90 Å². The second-order valence-electron chi connectivity index (χ2n) is 10.8. The van der Waals surface area contributed by atoms with E-state index in [1.54, 1.807) is 18.5 Å². The van der Waals surface area contributed by atoms with Crippen LogP contribution in [0.3, 0.4) is 0 Å². The number of benzene rings is 2. The second kappa shape index (κ2) is 10.3. The van der Waals surface area contributed by atoms with Gasteiger partial charge in [0.2, 0.25) is 5.91 Å². The van der Waals surface area contributed by atoms with Crippen molar-refractivity contribution in [2.24, 2.45) is 0 Å². The van der Waals surface area contributed by atoms with Crippen molar-refractivity contribution in [3.05, 3.63) is 101 Å². The van der Waals surface area contributed by atoms with Crippen molar-refractivity contribution in [1.29, 1.82) is 0 Å². The Morgan fingerprint density at radius 3 is 1.85 bits per heavy atom. The Morgan fingerprint density at radius 1 is 0.853 bits per heavy atom. The Labute approximate surface area is 204 Å². The van der Waals surface area contributed by atoms with E-state index in [-0.39, 0.29) is 16.7 Å². The largest absolute Gasteiger partial charge is 0.507 e. The lowest BCUT2D eigenvalue weighted by Crippen LogP contribution is -2.28. The van der Waals surface area contributed by atoms with Gasteiger partial charge in [0.1, 0.15) is 5.75 Å². The maximum absolute atomic E-state index is 13.3. The van der Waals surface area contributed by atoms with Crippen LogP contribution >= 0.6 is 0 Å². The molecule has 2 aromatic carbocycles. The highest BCUT2D eigenvalue weighted by Gasteiger charge is 2.26. The summed E-state index contributed by atoms with van der Waals surface area (Å²) in [6.07, 6.45) is 6.98. The molecule has 1 aromatic heterocycles. The molecule has 178 valence electrons. The van der Waals surface area contributed by atoms with Crippen molar-refractivity contribution in [1.82, 2.24) is 9.88 Å². The van der Waals surface area contributed by atoms with Gasteiger partial charge in [-0.15, -0.1) is 0 Å². The van der Waals surface area contributed by atoms with Crippen molar-refractivity contribution in [2.45, 2.75) is 65.5 Å². The predicted octanol–water partition coefficient (Wildman–Crippen LogP) is 6.62. The summed E-state index contributed by atoms with van der Waals surface area (Å²) in [5, 5.41) is 11.0. The Kier molecular flexibility index (Phi) is 7.61. The number of rotatable bonds is 6. The van der Waals surface area contributed by atoms with Crippen LogP contribution in [0.15, 0.2) is 73.1 Å². The summed E-state index contributed by atoms with van der Waals surface area (Å²) in [5.74, 6) is 0.273. The second-order valence-corrected chi connectivity index (χ2v) is 10.8. The summed E-state index contributed by atoms with van der Waals surface area (Å²) in [6.45, 7) is 13.5. The zero-order chi connectivity index (χ0) is 24.9. The van der Waals surface area contributed by atoms with Gasteiger partial charge in [0.15, 0.2) is 0 Å². The zero-order valence-electron chi connectivity index (χ0n) is 21.2. The number of hydrogen-bond donors (Lipinski definition) is 1. The van der Waals surface area contributed by atoms with E-state index < -0.39 is 0 Å². The molecule has 0 saturated heterocycles. The van der Waals surface area contributed by atoms with E-state index in [9.17, 15) is 9.90 Å². The minimum Gasteiger partial charge on any atom is -0.507 e. The van der Waals surface area contributed by atoms with Crippen LogP contribution in [0.5, 0.6) is 5.75 Å². The van der Waals surface area contributed by atoms with Crippen LogP contribution in [0.2, 0.25) is 0 Å². The highest BCUT2D eigenvalue weighted by atomic mass is 16.3. The third-order valence-corrected chi connectivity index (χ3v) is 5.82. The topological polar surface area (TPSA) is 53.4 Å². The first-order chi connectivity index (χ1) is 15.9. The molecule has 3 rings (SSSR count). The number of phenolic OH excluding ortho intramolecular Hbond substituents is 1.